The van der Waals surface area contributed by atoms with Gasteiger partial charge in [0.1, 0.15) is 0 Å². The zero-order valence-corrected chi connectivity index (χ0v) is 13.4. The molecule has 3 rings (SSSR count). The third-order valence-corrected chi connectivity index (χ3v) is 3.82. The van der Waals surface area contributed by atoms with Crippen molar-refractivity contribution in [3.63, 3.8) is 0 Å². The molecule has 0 spiro atoms. The fourth-order valence-corrected chi connectivity index (χ4v) is 2.16. The summed E-state index contributed by atoms with van der Waals surface area (Å²) < 4.78 is 0. The third-order valence-electron chi connectivity index (χ3n) is 3.82. The summed E-state index contributed by atoms with van der Waals surface area (Å²) in [5.74, 6) is 0.708. The molecule has 0 aromatic heterocycles. The van der Waals surface area contributed by atoms with Crippen LogP contribution in [0, 0.1) is 5.92 Å². The van der Waals surface area contributed by atoms with Crippen molar-refractivity contribution in [2.45, 2.75) is 25.6 Å². The minimum atomic E-state index is -0.341. The second-order valence-corrected chi connectivity index (χ2v) is 5.79. The van der Waals surface area contributed by atoms with E-state index in [2.05, 4.69) is 11.9 Å². The number of hydrogen-bond acceptors (Lipinski definition) is 4. The van der Waals surface area contributed by atoms with Gasteiger partial charge in [-0.25, -0.2) is 0 Å². The fraction of sp³-hybridized carbons (Fsp3) is 0.263. The highest BCUT2D eigenvalue weighted by atomic mass is 14.9. The molecule has 1 saturated carbocycles. The molecular weight excluding hydrogens is 284 g/mol. The van der Waals surface area contributed by atoms with Crippen LogP contribution >= 0.6 is 0 Å². The zero-order valence-electron chi connectivity index (χ0n) is 13.4. The van der Waals surface area contributed by atoms with Gasteiger partial charge in [0.05, 0.1) is 6.17 Å². The van der Waals surface area contributed by atoms with E-state index in [0.29, 0.717) is 5.92 Å². The molecule has 1 aliphatic rings. The Morgan fingerprint density at radius 1 is 1.04 bits per heavy atom. The fourth-order valence-electron chi connectivity index (χ4n) is 2.16. The number of hydrogen-bond donors (Lipinski definition) is 4. The predicted octanol–water partition coefficient (Wildman–Crippen LogP) is 2.88. The first kappa shape index (κ1) is 17.1. The van der Waals surface area contributed by atoms with Crippen molar-refractivity contribution < 1.29 is 0 Å². The Morgan fingerprint density at radius 2 is 1.65 bits per heavy atom. The lowest BCUT2D eigenvalue weighted by molar-refractivity contribution is 0.748. The van der Waals surface area contributed by atoms with Crippen LogP contribution in [-0.4, -0.2) is 0 Å². The monoisotopic (exact) mass is 310 g/mol. The summed E-state index contributed by atoms with van der Waals surface area (Å²) in [7, 11) is 0. The largest absolute Gasteiger partial charge is 0.398 e. The highest BCUT2D eigenvalue weighted by Gasteiger charge is 2.24. The highest BCUT2D eigenvalue weighted by molar-refractivity contribution is 5.46. The van der Waals surface area contributed by atoms with Gasteiger partial charge in [-0.1, -0.05) is 55.1 Å². The summed E-state index contributed by atoms with van der Waals surface area (Å²) in [6.45, 7) is 4.80. The van der Waals surface area contributed by atoms with Crippen LogP contribution in [0.25, 0.3) is 0 Å². The van der Waals surface area contributed by atoms with Crippen LogP contribution in [0.15, 0.2) is 66.9 Å². The molecule has 0 atom stereocenters. The second kappa shape index (κ2) is 8.36. The van der Waals surface area contributed by atoms with Crippen LogP contribution < -0.4 is 22.5 Å². The summed E-state index contributed by atoms with van der Waals surface area (Å²) in [6.07, 6.45) is 2.23. The van der Waals surface area contributed by atoms with E-state index in [4.69, 9.17) is 17.2 Å². The van der Waals surface area contributed by atoms with Crippen molar-refractivity contribution in [3.05, 3.63) is 78.0 Å². The average molecular weight is 310 g/mol. The number of nitrogens with two attached hydrogens (primary N) is 3. The maximum Gasteiger partial charge on any atom is 0.0784 e. The molecule has 0 unspecified atom stereocenters. The van der Waals surface area contributed by atoms with Crippen molar-refractivity contribution >= 4 is 5.69 Å². The Labute approximate surface area is 138 Å². The molecule has 1 fully saturated rings. The van der Waals surface area contributed by atoms with Gasteiger partial charge in [-0.05, 0) is 36.0 Å². The Kier molecular flexibility index (Phi) is 6.20. The Morgan fingerprint density at radius 3 is 2.17 bits per heavy atom. The third kappa shape index (κ3) is 5.77. The van der Waals surface area contributed by atoms with Crippen LogP contribution in [0.4, 0.5) is 5.69 Å². The summed E-state index contributed by atoms with van der Waals surface area (Å²) in [5.41, 5.74) is 20.7. The number of nitrogens with one attached hydrogen (secondary N) is 1. The molecule has 2 aromatic rings. The molecule has 4 nitrogen and oxygen atoms in total. The van der Waals surface area contributed by atoms with E-state index in [1.54, 1.807) is 0 Å². The second-order valence-electron chi connectivity index (χ2n) is 5.79. The Balaban J connectivity index is 0.000000185. The average Bonchev–Trinajstić information content (AvgIpc) is 3.40. The van der Waals surface area contributed by atoms with Crippen LogP contribution in [-0.2, 0) is 6.54 Å². The minimum Gasteiger partial charge on any atom is -0.398 e. The smallest absolute Gasteiger partial charge is 0.0784 e. The van der Waals surface area contributed by atoms with Gasteiger partial charge < -0.3 is 22.5 Å². The molecule has 0 saturated heterocycles. The van der Waals surface area contributed by atoms with Crippen molar-refractivity contribution in [2.24, 2.45) is 17.4 Å². The lowest BCUT2D eigenvalue weighted by atomic mass is 10.2. The number of nitrogen functional groups attached to an aromatic ring is 1. The molecule has 23 heavy (non-hydrogen) atoms. The van der Waals surface area contributed by atoms with E-state index < -0.39 is 0 Å². The number of para-hydroxylation sites is 1. The van der Waals surface area contributed by atoms with Gasteiger partial charge >= 0.3 is 0 Å². The van der Waals surface area contributed by atoms with E-state index in [9.17, 15) is 0 Å². The number of anilines is 1. The van der Waals surface area contributed by atoms with Crippen LogP contribution in [0.5, 0.6) is 0 Å². The van der Waals surface area contributed by atoms with Gasteiger partial charge in [-0.15, -0.1) is 0 Å². The quantitative estimate of drug-likeness (QED) is 0.505. The molecular formula is C19H26N4. The topological polar surface area (TPSA) is 90.1 Å². The first-order valence-electron chi connectivity index (χ1n) is 7.90. The molecule has 122 valence electrons. The van der Waals surface area contributed by atoms with Crippen molar-refractivity contribution in [2.75, 3.05) is 5.73 Å². The van der Waals surface area contributed by atoms with E-state index >= 15 is 0 Å². The predicted molar refractivity (Wildman–Crippen MR) is 97.1 cm³/mol. The molecule has 1 aliphatic carbocycles. The van der Waals surface area contributed by atoms with E-state index in [-0.39, 0.29) is 6.17 Å². The summed E-state index contributed by atoms with van der Waals surface area (Å²) >= 11 is 0. The van der Waals surface area contributed by atoms with Gasteiger partial charge in [-0.3, -0.25) is 0 Å². The van der Waals surface area contributed by atoms with Crippen molar-refractivity contribution in [3.8, 4) is 0 Å². The van der Waals surface area contributed by atoms with Crippen molar-refractivity contribution in [1.29, 1.82) is 0 Å². The molecule has 0 bridgehead atoms. The molecule has 0 radical (unpaired) electrons. The molecule has 0 amide bonds. The van der Waals surface area contributed by atoms with Crippen LogP contribution in [0.3, 0.4) is 0 Å². The first-order valence-corrected chi connectivity index (χ1v) is 7.90. The Bertz CT molecular complexity index is 618. The maximum absolute atomic E-state index is 5.83. The Hall–Kier alpha value is -2.30. The number of allylic oxidation sites excluding steroid dienone is 1. The molecule has 7 N–H and O–H groups in total. The van der Waals surface area contributed by atoms with Gasteiger partial charge in [0, 0.05) is 17.9 Å². The van der Waals surface area contributed by atoms with E-state index in [0.717, 1.165) is 29.1 Å². The lowest BCUT2D eigenvalue weighted by Gasteiger charge is -2.09. The summed E-state index contributed by atoms with van der Waals surface area (Å²) in [6, 6.07) is 17.5. The van der Waals surface area contributed by atoms with Crippen LogP contribution in [0.2, 0.25) is 0 Å². The molecule has 0 heterocycles. The standard InChI is InChI=1S/C12H16N2.C7H10N2/c1-9(10-6-7-10)14-8-11-4-2-3-5-12(11)13;8-7(9)6-4-2-1-3-5-6/h2-5,10,14H,1,6-8,13H2;1-5,7H,8-9H2. The van der Waals surface area contributed by atoms with E-state index in [1.807, 2.05) is 54.6 Å². The summed E-state index contributed by atoms with van der Waals surface area (Å²) in [5, 5.41) is 3.33. The number of benzene rings is 2. The van der Waals surface area contributed by atoms with Crippen molar-refractivity contribution in [1.82, 2.24) is 5.32 Å². The minimum absolute atomic E-state index is 0.341. The van der Waals surface area contributed by atoms with Crippen LogP contribution in [0.1, 0.15) is 30.1 Å². The number of rotatable bonds is 5. The summed E-state index contributed by atoms with van der Waals surface area (Å²) in [4.78, 5) is 0. The molecule has 0 aliphatic heterocycles. The van der Waals surface area contributed by atoms with Gasteiger partial charge in [-0.2, -0.15) is 0 Å². The highest BCUT2D eigenvalue weighted by Crippen LogP contribution is 2.34. The van der Waals surface area contributed by atoms with E-state index in [1.165, 1.54) is 12.8 Å². The molecule has 2 aromatic carbocycles. The first-order chi connectivity index (χ1) is 11.1. The zero-order chi connectivity index (χ0) is 16.7. The van der Waals surface area contributed by atoms with Gasteiger partial charge in [0.2, 0.25) is 0 Å². The SMILES string of the molecule is C=C(NCc1ccccc1N)C1CC1.NC(N)c1ccccc1. The normalized spacial score (nSPS) is 13.2. The lowest BCUT2D eigenvalue weighted by Crippen LogP contribution is -2.19. The maximum atomic E-state index is 5.83. The van der Waals surface area contributed by atoms with Gasteiger partial charge in [0.25, 0.3) is 0 Å². The molecule has 4 heteroatoms. The van der Waals surface area contributed by atoms with Gasteiger partial charge in [0.15, 0.2) is 0 Å².